The molecule has 0 aliphatic heterocycles. The molecule has 3 nitrogen and oxygen atoms in total. The van der Waals surface area contributed by atoms with Gasteiger partial charge in [-0.2, -0.15) is 0 Å². The van der Waals surface area contributed by atoms with E-state index in [0.717, 1.165) is 19.3 Å². The second-order valence-electron chi connectivity index (χ2n) is 8.91. The molecule has 1 aromatic carbocycles. The Labute approximate surface area is 151 Å². The SMILES string of the molecule is CC(=O)Oc1ccc2c(c1C(C)C)CC[C@H]1C(C)(C)C(=O)CC[C@]21C. The molecule has 0 saturated heterocycles. The van der Waals surface area contributed by atoms with Gasteiger partial charge in [-0.15, -0.1) is 0 Å². The molecule has 0 aromatic heterocycles. The number of ketones is 1. The van der Waals surface area contributed by atoms with Crippen LogP contribution in [0.1, 0.15) is 83.4 Å². The van der Waals surface area contributed by atoms with Crippen molar-refractivity contribution in [1.29, 1.82) is 0 Å². The molecule has 0 unspecified atom stereocenters. The summed E-state index contributed by atoms with van der Waals surface area (Å²) >= 11 is 0. The summed E-state index contributed by atoms with van der Waals surface area (Å²) in [5, 5.41) is 0. The second-order valence-corrected chi connectivity index (χ2v) is 8.91. The van der Waals surface area contributed by atoms with Crippen molar-refractivity contribution in [3.8, 4) is 5.75 Å². The number of rotatable bonds is 2. The molecule has 0 radical (unpaired) electrons. The van der Waals surface area contributed by atoms with E-state index in [4.69, 9.17) is 4.74 Å². The first kappa shape index (κ1) is 18.2. The first-order valence-electron chi connectivity index (χ1n) is 9.47. The van der Waals surface area contributed by atoms with Crippen molar-refractivity contribution in [2.75, 3.05) is 0 Å². The van der Waals surface area contributed by atoms with E-state index in [-0.39, 0.29) is 16.8 Å². The predicted octanol–water partition coefficient (Wildman–Crippen LogP) is 4.94. The van der Waals surface area contributed by atoms with E-state index in [0.29, 0.717) is 29.8 Å². The lowest BCUT2D eigenvalue weighted by molar-refractivity contribution is -0.137. The maximum absolute atomic E-state index is 12.5. The normalized spacial score (nSPS) is 27.6. The number of hydrogen-bond donors (Lipinski definition) is 0. The van der Waals surface area contributed by atoms with Crippen molar-refractivity contribution in [3.63, 3.8) is 0 Å². The van der Waals surface area contributed by atoms with E-state index in [1.165, 1.54) is 23.6 Å². The van der Waals surface area contributed by atoms with Gasteiger partial charge < -0.3 is 4.74 Å². The topological polar surface area (TPSA) is 43.4 Å². The lowest BCUT2D eigenvalue weighted by Crippen LogP contribution is -2.52. The van der Waals surface area contributed by atoms with Crippen molar-refractivity contribution in [2.45, 2.75) is 78.6 Å². The van der Waals surface area contributed by atoms with Gasteiger partial charge in [0.25, 0.3) is 0 Å². The number of benzene rings is 1. The van der Waals surface area contributed by atoms with Gasteiger partial charge in [-0.1, -0.05) is 40.7 Å². The zero-order valence-corrected chi connectivity index (χ0v) is 16.4. The molecular formula is C22H30O3. The highest BCUT2D eigenvalue weighted by Crippen LogP contribution is 2.57. The predicted molar refractivity (Wildman–Crippen MR) is 99.0 cm³/mol. The zero-order chi connectivity index (χ0) is 18.6. The quantitative estimate of drug-likeness (QED) is 0.564. The molecule has 3 rings (SSSR count). The van der Waals surface area contributed by atoms with Crippen LogP contribution in [0.25, 0.3) is 0 Å². The molecule has 0 N–H and O–H groups in total. The van der Waals surface area contributed by atoms with Crippen LogP contribution in [0.15, 0.2) is 12.1 Å². The summed E-state index contributed by atoms with van der Waals surface area (Å²) in [4.78, 5) is 24.0. The van der Waals surface area contributed by atoms with Crippen LogP contribution in [-0.2, 0) is 21.4 Å². The number of fused-ring (bicyclic) bond motifs is 3. The number of carbonyl (C=O) groups is 2. The third-order valence-corrected chi connectivity index (χ3v) is 6.68. The summed E-state index contributed by atoms with van der Waals surface area (Å²) in [7, 11) is 0. The van der Waals surface area contributed by atoms with Crippen LogP contribution in [-0.4, -0.2) is 11.8 Å². The Kier molecular flexibility index (Phi) is 4.33. The fraction of sp³-hybridized carbons (Fsp3) is 0.636. The van der Waals surface area contributed by atoms with Crippen LogP contribution in [0.4, 0.5) is 0 Å². The smallest absolute Gasteiger partial charge is 0.308 e. The lowest BCUT2D eigenvalue weighted by Gasteiger charge is -2.53. The summed E-state index contributed by atoms with van der Waals surface area (Å²) < 4.78 is 5.51. The zero-order valence-electron chi connectivity index (χ0n) is 16.4. The molecule has 0 bridgehead atoms. The maximum Gasteiger partial charge on any atom is 0.308 e. The first-order chi connectivity index (χ1) is 11.6. The molecular weight excluding hydrogens is 312 g/mol. The Balaban J connectivity index is 2.16. The summed E-state index contributed by atoms with van der Waals surface area (Å²) in [5.74, 6) is 1.50. The number of carbonyl (C=O) groups excluding carboxylic acids is 2. The van der Waals surface area contributed by atoms with Gasteiger partial charge in [0.05, 0.1) is 0 Å². The van der Waals surface area contributed by atoms with Crippen molar-refractivity contribution in [3.05, 3.63) is 28.8 Å². The second kappa shape index (κ2) is 5.96. The van der Waals surface area contributed by atoms with Crippen molar-refractivity contribution >= 4 is 11.8 Å². The molecule has 1 saturated carbocycles. The third-order valence-electron chi connectivity index (χ3n) is 6.68. The van der Waals surface area contributed by atoms with Gasteiger partial charge in [-0.3, -0.25) is 9.59 Å². The first-order valence-corrected chi connectivity index (χ1v) is 9.47. The Morgan fingerprint density at radius 1 is 1.20 bits per heavy atom. The summed E-state index contributed by atoms with van der Waals surface area (Å²) in [6, 6.07) is 4.12. The number of Topliss-reactive ketones (excluding diaryl/α,β-unsaturated/α-hetero) is 1. The van der Waals surface area contributed by atoms with Gasteiger partial charge >= 0.3 is 5.97 Å². The van der Waals surface area contributed by atoms with Crippen LogP contribution in [0, 0.1) is 11.3 Å². The van der Waals surface area contributed by atoms with Crippen molar-refractivity contribution < 1.29 is 14.3 Å². The number of ether oxygens (including phenoxy) is 1. The van der Waals surface area contributed by atoms with Crippen LogP contribution in [0.5, 0.6) is 5.75 Å². The van der Waals surface area contributed by atoms with Gasteiger partial charge in [0.15, 0.2) is 0 Å². The summed E-state index contributed by atoms with van der Waals surface area (Å²) in [5.41, 5.74) is 3.63. The molecule has 1 fully saturated rings. The average molecular weight is 342 g/mol. The molecule has 1 aromatic rings. The minimum atomic E-state index is -0.272. The van der Waals surface area contributed by atoms with E-state index in [9.17, 15) is 9.59 Å². The molecule has 0 heterocycles. The molecule has 25 heavy (non-hydrogen) atoms. The van der Waals surface area contributed by atoms with Crippen LogP contribution >= 0.6 is 0 Å². The number of esters is 1. The molecule has 2 aliphatic rings. The Bertz CT molecular complexity index is 729. The highest BCUT2D eigenvalue weighted by atomic mass is 16.5. The third kappa shape index (κ3) is 2.72. The lowest BCUT2D eigenvalue weighted by atomic mass is 9.49. The van der Waals surface area contributed by atoms with E-state index in [1.54, 1.807) is 0 Å². The Morgan fingerprint density at radius 2 is 1.88 bits per heavy atom. The molecule has 2 atom stereocenters. The highest BCUT2D eigenvalue weighted by molar-refractivity contribution is 5.86. The molecule has 2 aliphatic carbocycles. The van der Waals surface area contributed by atoms with Gasteiger partial charge in [0.2, 0.25) is 0 Å². The van der Waals surface area contributed by atoms with Crippen LogP contribution < -0.4 is 4.74 Å². The monoisotopic (exact) mass is 342 g/mol. The maximum atomic E-state index is 12.5. The van der Waals surface area contributed by atoms with E-state index in [1.807, 2.05) is 6.07 Å². The minimum Gasteiger partial charge on any atom is -0.426 e. The van der Waals surface area contributed by atoms with E-state index < -0.39 is 0 Å². The van der Waals surface area contributed by atoms with Crippen LogP contribution in [0.2, 0.25) is 0 Å². The highest BCUT2D eigenvalue weighted by Gasteiger charge is 2.53. The fourth-order valence-corrected chi connectivity index (χ4v) is 5.48. The van der Waals surface area contributed by atoms with E-state index >= 15 is 0 Å². The minimum absolute atomic E-state index is 0.0172. The van der Waals surface area contributed by atoms with Crippen molar-refractivity contribution in [1.82, 2.24) is 0 Å². The van der Waals surface area contributed by atoms with Gasteiger partial charge in [0, 0.05) is 24.3 Å². The Morgan fingerprint density at radius 3 is 2.48 bits per heavy atom. The van der Waals surface area contributed by atoms with E-state index in [2.05, 4.69) is 40.7 Å². The van der Waals surface area contributed by atoms with Crippen molar-refractivity contribution in [2.24, 2.45) is 11.3 Å². The largest absolute Gasteiger partial charge is 0.426 e. The molecule has 136 valence electrons. The number of hydrogen-bond acceptors (Lipinski definition) is 3. The summed E-state index contributed by atoms with van der Waals surface area (Å²) in [6.07, 6.45) is 3.54. The van der Waals surface area contributed by atoms with Gasteiger partial charge in [-0.05, 0) is 53.7 Å². The van der Waals surface area contributed by atoms with Gasteiger partial charge in [0.1, 0.15) is 11.5 Å². The van der Waals surface area contributed by atoms with Gasteiger partial charge in [-0.25, -0.2) is 0 Å². The molecule has 0 spiro atoms. The van der Waals surface area contributed by atoms with Crippen LogP contribution in [0.3, 0.4) is 0 Å². The fourth-order valence-electron chi connectivity index (χ4n) is 5.48. The Hall–Kier alpha value is -1.64. The standard InChI is InChI=1S/C22H30O3/c1-13(2)20-15-7-10-18-21(4,5)19(24)11-12-22(18,6)16(15)8-9-17(20)25-14(3)23/h8-9,13,18H,7,10-12H2,1-6H3/t18-,22+/m0/s1. The molecule has 3 heteroatoms. The average Bonchev–Trinajstić information content (AvgIpc) is 2.50. The summed E-state index contributed by atoms with van der Waals surface area (Å²) in [6.45, 7) is 12.4. The molecule has 0 amide bonds.